The van der Waals surface area contributed by atoms with Crippen LogP contribution >= 0.6 is 0 Å². The molecule has 0 saturated heterocycles. The van der Waals surface area contributed by atoms with Gasteiger partial charge < -0.3 is 5.11 Å². The van der Waals surface area contributed by atoms with E-state index in [-0.39, 0.29) is 5.82 Å². The maximum Gasteiger partial charge on any atom is 0.335 e. The molecule has 1 aliphatic heterocycles. The van der Waals surface area contributed by atoms with Gasteiger partial charge in [-0.25, -0.2) is 9.18 Å². The van der Waals surface area contributed by atoms with Crippen molar-refractivity contribution in [1.82, 2.24) is 4.90 Å². The minimum Gasteiger partial charge on any atom is -0.478 e. The van der Waals surface area contributed by atoms with E-state index in [1.54, 1.807) is 24.3 Å². The van der Waals surface area contributed by atoms with Gasteiger partial charge in [0, 0.05) is 19.6 Å². The van der Waals surface area contributed by atoms with E-state index in [1.807, 2.05) is 6.07 Å². The summed E-state index contributed by atoms with van der Waals surface area (Å²) in [5.74, 6) is -1.09. The molecule has 0 aliphatic carbocycles. The van der Waals surface area contributed by atoms with E-state index < -0.39 is 5.97 Å². The molecule has 0 bridgehead atoms. The number of carbonyl (C=O) groups is 1. The zero-order valence-corrected chi connectivity index (χ0v) is 11.6. The van der Waals surface area contributed by atoms with E-state index >= 15 is 0 Å². The minimum atomic E-state index is -0.862. The summed E-state index contributed by atoms with van der Waals surface area (Å²) in [5.41, 5.74) is 3.49. The number of hydrogen-bond donors (Lipinski definition) is 1. The lowest BCUT2D eigenvalue weighted by Crippen LogP contribution is -2.31. The highest BCUT2D eigenvalue weighted by Crippen LogP contribution is 2.23. The zero-order valence-electron chi connectivity index (χ0n) is 11.6. The highest BCUT2D eigenvalue weighted by molar-refractivity contribution is 5.89. The fraction of sp³-hybridized carbons (Fsp3) is 0.235. The summed E-state index contributed by atoms with van der Waals surface area (Å²) in [5, 5.41) is 9.22. The number of halogens is 1. The molecule has 21 heavy (non-hydrogen) atoms. The molecule has 2 aromatic carbocycles. The first-order valence-corrected chi connectivity index (χ1v) is 6.94. The van der Waals surface area contributed by atoms with Crippen LogP contribution in [0.4, 0.5) is 4.39 Å². The van der Waals surface area contributed by atoms with Gasteiger partial charge in [0.25, 0.3) is 0 Å². The average molecular weight is 285 g/mol. The van der Waals surface area contributed by atoms with Gasteiger partial charge in [0.15, 0.2) is 0 Å². The fourth-order valence-corrected chi connectivity index (χ4v) is 2.85. The van der Waals surface area contributed by atoms with Gasteiger partial charge in [-0.15, -0.1) is 0 Å². The van der Waals surface area contributed by atoms with Gasteiger partial charge in [-0.2, -0.15) is 0 Å². The molecule has 0 saturated carbocycles. The summed E-state index contributed by atoms with van der Waals surface area (Å²) in [7, 11) is 0. The second-order valence-electron chi connectivity index (χ2n) is 5.34. The standard InChI is InChI=1S/C17H16FNO2/c18-14-6-4-12(5-7-14)10-19-9-8-15-13(11-19)2-1-3-16(15)17(20)21/h1-7H,8-11H2,(H,20,21). The van der Waals surface area contributed by atoms with Crippen LogP contribution in [0, 0.1) is 5.82 Å². The summed E-state index contributed by atoms with van der Waals surface area (Å²) < 4.78 is 12.9. The van der Waals surface area contributed by atoms with E-state index in [4.69, 9.17) is 0 Å². The molecule has 4 heteroatoms. The Morgan fingerprint density at radius 2 is 1.95 bits per heavy atom. The average Bonchev–Trinajstić information content (AvgIpc) is 2.48. The van der Waals surface area contributed by atoms with Crippen LogP contribution in [0.15, 0.2) is 42.5 Å². The van der Waals surface area contributed by atoms with E-state index in [0.717, 1.165) is 42.7 Å². The number of hydrogen-bond acceptors (Lipinski definition) is 2. The Labute approximate surface area is 122 Å². The van der Waals surface area contributed by atoms with Gasteiger partial charge in [-0.3, -0.25) is 4.90 Å². The highest BCUT2D eigenvalue weighted by Gasteiger charge is 2.21. The lowest BCUT2D eigenvalue weighted by atomic mass is 9.94. The number of aromatic carboxylic acids is 1. The van der Waals surface area contributed by atoms with Crippen molar-refractivity contribution >= 4 is 5.97 Å². The first kappa shape index (κ1) is 13.8. The van der Waals surface area contributed by atoms with Crippen molar-refractivity contribution in [1.29, 1.82) is 0 Å². The first-order valence-electron chi connectivity index (χ1n) is 6.94. The van der Waals surface area contributed by atoms with Gasteiger partial charge in [0.1, 0.15) is 5.82 Å². The van der Waals surface area contributed by atoms with Gasteiger partial charge in [0.05, 0.1) is 5.56 Å². The predicted octanol–water partition coefficient (Wildman–Crippen LogP) is 3.08. The number of fused-ring (bicyclic) bond motifs is 1. The Morgan fingerprint density at radius 1 is 1.19 bits per heavy atom. The van der Waals surface area contributed by atoms with Crippen LogP contribution in [0.3, 0.4) is 0 Å². The number of benzene rings is 2. The summed E-state index contributed by atoms with van der Waals surface area (Å²) >= 11 is 0. The first-order chi connectivity index (χ1) is 10.1. The van der Waals surface area contributed by atoms with E-state index in [0.29, 0.717) is 5.56 Å². The molecule has 0 fully saturated rings. The molecular weight excluding hydrogens is 269 g/mol. The molecular formula is C17H16FNO2. The van der Waals surface area contributed by atoms with Gasteiger partial charge in [-0.05, 0) is 41.3 Å². The third-order valence-electron chi connectivity index (χ3n) is 3.89. The largest absolute Gasteiger partial charge is 0.478 e. The van der Waals surface area contributed by atoms with Crippen molar-refractivity contribution in [3.8, 4) is 0 Å². The van der Waals surface area contributed by atoms with Gasteiger partial charge >= 0.3 is 5.97 Å². The molecule has 0 spiro atoms. The second-order valence-corrected chi connectivity index (χ2v) is 5.34. The maximum atomic E-state index is 12.9. The molecule has 0 aromatic heterocycles. The molecule has 2 aromatic rings. The molecule has 1 N–H and O–H groups in total. The maximum absolute atomic E-state index is 12.9. The van der Waals surface area contributed by atoms with Crippen LogP contribution < -0.4 is 0 Å². The Bertz CT molecular complexity index is 667. The number of nitrogens with zero attached hydrogens (tertiary/aromatic N) is 1. The van der Waals surface area contributed by atoms with E-state index in [9.17, 15) is 14.3 Å². The predicted molar refractivity (Wildman–Crippen MR) is 77.6 cm³/mol. The smallest absolute Gasteiger partial charge is 0.335 e. The number of carboxylic acids is 1. The Kier molecular flexibility index (Phi) is 3.71. The zero-order chi connectivity index (χ0) is 14.8. The van der Waals surface area contributed by atoms with Crippen LogP contribution in [0.1, 0.15) is 27.0 Å². The van der Waals surface area contributed by atoms with Gasteiger partial charge in [0.2, 0.25) is 0 Å². The molecule has 0 atom stereocenters. The topological polar surface area (TPSA) is 40.5 Å². The van der Waals surface area contributed by atoms with Crippen LogP contribution in [-0.4, -0.2) is 22.5 Å². The molecule has 3 rings (SSSR count). The number of carboxylic acid groups (broad SMARTS) is 1. The van der Waals surface area contributed by atoms with Crippen molar-refractivity contribution in [3.05, 3.63) is 70.5 Å². The van der Waals surface area contributed by atoms with Crippen molar-refractivity contribution in [3.63, 3.8) is 0 Å². The second kappa shape index (κ2) is 5.66. The summed E-state index contributed by atoms with van der Waals surface area (Å²) in [4.78, 5) is 13.5. The lowest BCUT2D eigenvalue weighted by Gasteiger charge is -2.29. The van der Waals surface area contributed by atoms with Crippen molar-refractivity contribution < 1.29 is 14.3 Å². The number of rotatable bonds is 3. The van der Waals surface area contributed by atoms with E-state index in [2.05, 4.69) is 4.90 Å². The molecule has 3 nitrogen and oxygen atoms in total. The summed E-state index contributed by atoms with van der Waals surface area (Å²) in [6, 6.07) is 12.0. The lowest BCUT2D eigenvalue weighted by molar-refractivity contribution is 0.0694. The molecule has 0 radical (unpaired) electrons. The summed E-state index contributed by atoms with van der Waals surface area (Å²) in [6.07, 6.45) is 0.735. The normalized spacial score (nSPS) is 14.7. The van der Waals surface area contributed by atoms with E-state index in [1.165, 1.54) is 12.1 Å². The molecule has 0 unspecified atom stereocenters. The van der Waals surface area contributed by atoms with Crippen LogP contribution in [-0.2, 0) is 19.5 Å². The SMILES string of the molecule is O=C(O)c1cccc2c1CCN(Cc1ccc(F)cc1)C2. The van der Waals surface area contributed by atoms with Crippen molar-refractivity contribution in [2.75, 3.05) is 6.54 Å². The monoisotopic (exact) mass is 285 g/mol. The molecule has 1 aliphatic rings. The van der Waals surface area contributed by atoms with Crippen LogP contribution in [0.5, 0.6) is 0 Å². The molecule has 1 heterocycles. The summed E-state index contributed by atoms with van der Waals surface area (Å²) in [6.45, 7) is 2.29. The molecule has 0 amide bonds. The van der Waals surface area contributed by atoms with Crippen LogP contribution in [0.2, 0.25) is 0 Å². The van der Waals surface area contributed by atoms with Crippen molar-refractivity contribution in [2.45, 2.75) is 19.5 Å². The Hall–Kier alpha value is -2.20. The van der Waals surface area contributed by atoms with Crippen LogP contribution in [0.25, 0.3) is 0 Å². The van der Waals surface area contributed by atoms with Crippen molar-refractivity contribution in [2.24, 2.45) is 0 Å². The minimum absolute atomic E-state index is 0.228. The third-order valence-corrected chi connectivity index (χ3v) is 3.89. The van der Waals surface area contributed by atoms with Gasteiger partial charge in [-0.1, -0.05) is 24.3 Å². The fourth-order valence-electron chi connectivity index (χ4n) is 2.85. The quantitative estimate of drug-likeness (QED) is 0.942. The third kappa shape index (κ3) is 2.95. The Morgan fingerprint density at radius 3 is 2.67 bits per heavy atom. The Balaban J connectivity index is 1.77. The molecule has 108 valence electrons. The highest BCUT2D eigenvalue weighted by atomic mass is 19.1.